The van der Waals surface area contributed by atoms with Crippen LogP contribution in [0.15, 0.2) is 24.3 Å². The summed E-state index contributed by atoms with van der Waals surface area (Å²) in [4.78, 5) is 24.1. The minimum atomic E-state index is -0.673. The van der Waals surface area contributed by atoms with E-state index in [0.717, 1.165) is 24.0 Å². The van der Waals surface area contributed by atoms with E-state index in [1.54, 1.807) is 0 Å². The van der Waals surface area contributed by atoms with Gasteiger partial charge in [-0.3, -0.25) is 0 Å². The van der Waals surface area contributed by atoms with Crippen molar-refractivity contribution in [3.63, 3.8) is 0 Å². The van der Waals surface area contributed by atoms with E-state index in [1.807, 2.05) is 39.8 Å². The summed E-state index contributed by atoms with van der Waals surface area (Å²) in [7, 11) is 0. The molecule has 0 saturated heterocycles. The summed E-state index contributed by atoms with van der Waals surface area (Å²) >= 11 is 0. The third-order valence-electron chi connectivity index (χ3n) is 5.09. The molecule has 0 N–H and O–H groups in total. The normalized spacial score (nSPS) is 14.7. The average molecular weight is 451 g/mol. The predicted molar refractivity (Wildman–Crippen MR) is 133 cm³/mol. The number of hydrogen-bond donors (Lipinski definition) is 0. The zero-order valence-corrected chi connectivity index (χ0v) is 23.4. The van der Waals surface area contributed by atoms with Crippen molar-refractivity contribution in [1.82, 2.24) is 0 Å². The zero-order valence-electron chi connectivity index (χ0n) is 23.4. The van der Waals surface area contributed by atoms with Crippen molar-refractivity contribution in [3.8, 4) is 0 Å². The van der Waals surface area contributed by atoms with E-state index in [4.69, 9.17) is 19.6 Å². The van der Waals surface area contributed by atoms with Gasteiger partial charge in [0.15, 0.2) is 0 Å². The van der Waals surface area contributed by atoms with Crippen LogP contribution in [0.5, 0.6) is 0 Å². The van der Waals surface area contributed by atoms with Crippen LogP contribution in [-0.4, -0.2) is 11.2 Å². The lowest BCUT2D eigenvalue weighted by molar-refractivity contribution is -0.414. The SMILES string of the molecule is CC(C)(C)CC(C)(C)OOC(C)(C)c1ccccc1C(C)(C)OOC(C)(C)CC(C)(C)C. The molecule has 1 rings (SSSR count). The van der Waals surface area contributed by atoms with Crippen molar-refractivity contribution in [3.05, 3.63) is 35.4 Å². The van der Waals surface area contributed by atoms with Gasteiger partial charge in [0.1, 0.15) is 11.2 Å². The maximum absolute atomic E-state index is 6.08. The van der Waals surface area contributed by atoms with Gasteiger partial charge >= 0.3 is 0 Å². The van der Waals surface area contributed by atoms with E-state index in [2.05, 4.69) is 81.4 Å². The Kier molecular flexibility index (Phi) is 8.85. The standard InChI is InChI=1S/C28H50O4/c1-23(2,3)19-25(7,8)29-31-27(11,12)21-17-15-16-18-22(21)28(13,14)32-30-26(9,10)20-24(4,5)6/h15-18H,19-20H2,1-14H3. The van der Waals surface area contributed by atoms with Gasteiger partial charge in [0, 0.05) is 0 Å². The fourth-order valence-corrected chi connectivity index (χ4v) is 4.67. The largest absolute Gasteiger partial charge is 0.230 e. The van der Waals surface area contributed by atoms with E-state index in [-0.39, 0.29) is 10.8 Å². The molecule has 4 nitrogen and oxygen atoms in total. The highest BCUT2D eigenvalue weighted by Gasteiger charge is 2.37. The van der Waals surface area contributed by atoms with Gasteiger partial charge in [0.2, 0.25) is 0 Å². The first-order valence-electron chi connectivity index (χ1n) is 11.9. The van der Waals surface area contributed by atoms with Gasteiger partial charge in [-0.2, -0.15) is 0 Å². The maximum atomic E-state index is 6.08. The van der Waals surface area contributed by atoms with Crippen molar-refractivity contribution < 1.29 is 19.6 Å². The van der Waals surface area contributed by atoms with Crippen LogP contribution in [0.25, 0.3) is 0 Å². The summed E-state index contributed by atoms with van der Waals surface area (Å²) in [6.07, 6.45) is 1.76. The van der Waals surface area contributed by atoms with Gasteiger partial charge in [-0.1, -0.05) is 65.8 Å². The molecule has 0 aliphatic rings. The summed E-state index contributed by atoms with van der Waals surface area (Å²) in [6.45, 7) is 29.6. The Morgan fingerprint density at radius 1 is 0.469 bits per heavy atom. The van der Waals surface area contributed by atoms with Gasteiger partial charge in [-0.15, -0.1) is 0 Å². The van der Waals surface area contributed by atoms with Gasteiger partial charge in [0.05, 0.1) is 11.2 Å². The molecule has 4 heteroatoms. The van der Waals surface area contributed by atoms with Crippen LogP contribution in [0, 0.1) is 10.8 Å². The Balaban J connectivity index is 3.06. The molecule has 0 saturated carbocycles. The van der Waals surface area contributed by atoms with E-state index < -0.39 is 22.4 Å². The second-order valence-corrected chi connectivity index (χ2v) is 13.9. The smallest absolute Gasteiger partial charge is 0.123 e. The first-order valence-corrected chi connectivity index (χ1v) is 11.9. The predicted octanol–water partition coefficient (Wildman–Crippen LogP) is 8.48. The molecule has 0 aliphatic carbocycles. The lowest BCUT2D eigenvalue weighted by atomic mass is 9.83. The third-order valence-corrected chi connectivity index (χ3v) is 5.09. The summed E-state index contributed by atoms with van der Waals surface area (Å²) in [5.41, 5.74) is 0.139. The molecule has 1 aromatic rings. The molecule has 0 unspecified atom stereocenters. The molecule has 186 valence electrons. The molecule has 0 bridgehead atoms. The monoisotopic (exact) mass is 450 g/mol. The van der Waals surface area contributed by atoms with Crippen molar-refractivity contribution >= 4 is 0 Å². The molecule has 1 aromatic carbocycles. The summed E-state index contributed by atoms with van der Waals surface area (Å²) < 4.78 is 0. The van der Waals surface area contributed by atoms with Crippen LogP contribution in [-0.2, 0) is 30.8 Å². The van der Waals surface area contributed by atoms with Crippen molar-refractivity contribution in [2.24, 2.45) is 10.8 Å². The summed E-state index contributed by atoms with van der Waals surface area (Å²) in [5.74, 6) is 0. The number of rotatable bonds is 10. The minimum Gasteiger partial charge on any atom is -0.230 e. The average Bonchev–Trinajstić information content (AvgIpc) is 2.55. The van der Waals surface area contributed by atoms with E-state index >= 15 is 0 Å². The van der Waals surface area contributed by atoms with Crippen molar-refractivity contribution in [2.45, 2.75) is 132 Å². The van der Waals surface area contributed by atoms with Gasteiger partial charge in [-0.05, 0) is 90.2 Å². The van der Waals surface area contributed by atoms with Crippen molar-refractivity contribution in [2.75, 3.05) is 0 Å². The van der Waals surface area contributed by atoms with Crippen LogP contribution in [0.2, 0.25) is 0 Å². The van der Waals surface area contributed by atoms with Crippen LogP contribution in [0.3, 0.4) is 0 Å². The lowest BCUT2D eigenvalue weighted by Crippen LogP contribution is -2.37. The van der Waals surface area contributed by atoms with Crippen molar-refractivity contribution in [1.29, 1.82) is 0 Å². The molecule has 0 aromatic heterocycles. The Morgan fingerprint density at radius 3 is 1.00 bits per heavy atom. The first-order chi connectivity index (χ1) is 14.1. The molecular weight excluding hydrogens is 400 g/mol. The van der Waals surface area contributed by atoms with Gasteiger partial charge in [0.25, 0.3) is 0 Å². The highest BCUT2D eigenvalue weighted by molar-refractivity contribution is 5.35. The van der Waals surface area contributed by atoms with Gasteiger partial charge in [-0.25, -0.2) is 19.6 Å². The van der Waals surface area contributed by atoms with Crippen LogP contribution in [0.4, 0.5) is 0 Å². The molecule has 0 spiro atoms. The second-order valence-electron chi connectivity index (χ2n) is 13.9. The fraction of sp³-hybridized carbons (Fsp3) is 0.786. The topological polar surface area (TPSA) is 36.9 Å². The van der Waals surface area contributed by atoms with Crippen LogP contribution >= 0.6 is 0 Å². The number of hydrogen-bond acceptors (Lipinski definition) is 4. The molecule has 0 atom stereocenters. The molecular formula is C28H50O4. The minimum absolute atomic E-state index is 0.141. The third kappa shape index (κ3) is 9.91. The molecule has 0 aliphatic heterocycles. The quantitative estimate of drug-likeness (QED) is 0.264. The zero-order chi connectivity index (χ0) is 25.2. The molecule has 0 heterocycles. The maximum Gasteiger partial charge on any atom is 0.123 e. The second kappa shape index (κ2) is 9.74. The highest BCUT2D eigenvalue weighted by Crippen LogP contribution is 2.39. The van der Waals surface area contributed by atoms with E-state index in [9.17, 15) is 0 Å². The van der Waals surface area contributed by atoms with Crippen LogP contribution < -0.4 is 0 Å². The van der Waals surface area contributed by atoms with E-state index in [0.29, 0.717) is 0 Å². The fourth-order valence-electron chi connectivity index (χ4n) is 4.67. The number of benzene rings is 1. The Labute approximate surface area is 198 Å². The molecule has 0 radical (unpaired) electrons. The Bertz CT molecular complexity index is 668. The molecule has 0 amide bonds. The highest BCUT2D eigenvalue weighted by atomic mass is 17.2. The molecule has 32 heavy (non-hydrogen) atoms. The molecule has 0 fully saturated rings. The first kappa shape index (κ1) is 29.1. The lowest BCUT2D eigenvalue weighted by Gasteiger charge is -2.38. The Hall–Kier alpha value is -0.940. The van der Waals surface area contributed by atoms with E-state index in [1.165, 1.54) is 0 Å². The summed E-state index contributed by atoms with van der Waals surface area (Å²) in [6, 6.07) is 8.18. The summed E-state index contributed by atoms with van der Waals surface area (Å²) in [5, 5.41) is 0. The Morgan fingerprint density at radius 2 is 0.750 bits per heavy atom. The van der Waals surface area contributed by atoms with Crippen LogP contribution in [0.1, 0.15) is 121 Å². The van der Waals surface area contributed by atoms with Gasteiger partial charge < -0.3 is 0 Å².